The van der Waals surface area contributed by atoms with Gasteiger partial charge in [-0.2, -0.15) is 0 Å². The number of carbonyl (C=O) groups is 1. The van der Waals surface area contributed by atoms with E-state index >= 15 is 0 Å². The molecule has 110 valence electrons. The number of phenols is 1. The highest BCUT2D eigenvalue weighted by atomic mass is 32.1. The Hall–Kier alpha value is -1.94. The number of thiol groups is 1. The Kier molecular flexibility index (Phi) is 4.91. The zero-order valence-electron chi connectivity index (χ0n) is 12.1. The maximum absolute atomic E-state index is 11.4. The van der Waals surface area contributed by atoms with Gasteiger partial charge in [0.25, 0.3) is 0 Å². The predicted molar refractivity (Wildman–Crippen MR) is 85.5 cm³/mol. The number of Topliss-reactive ketones (excluding diaryl/α,β-unsaturated/α-hetero) is 1. The van der Waals surface area contributed by atoms with Crippen LogP contribution in [-0.4, -0.2) is 10.9 Å². The summed E-state index contributed by atoms with van der Waals surface area (Å²) in [6.07, 6.45) is 0.595. The Morgan fingerprint density at radius 3 is 2.43 bits per heavy atom. The van der Waals surface area contributed by atoms with Gasteiger partial charge in [-0.05, 0) is 43.2 Å². The normalized spacial score (nSPS) is 10.4. The maximum Gasteiger partial charge on any atom is 0.163 e. The molecule has 0 bridgehead atoms. The molecule has 0 radical (unpaired) electrons. The van der Waals surface area contributed by atoms with Gasteiger partial charge in [0.05, 0.1) is 5.56 Å². The van der Waals surface area contributed by atoms with Crippen LogP contribution < -0.4 is 4.74 Å². The van der Waals surface area contributed by atoms with Crippen LogP contribution in [-0.2, 0) is 13.0 Å². The fourth-order valence-corrected chi connectivity index (χ4v) is 2.28. The lowest BCUT2D eigenvalue weighted by atomic mass is 10.0. The fraction of sp³-hybridized carbons (Fsp3) is 0.235. The van der Waals surface area contributed by atoms with Crippen molar-refractivity contribution < 1.29 is 14.6 Å². The molecular formula is C17H18O3S. The molecule has 0 unspecified atom stereocenters. The highest BCUT2D eigenvalue weighted by Crippen LogP contribution is 2.32. The molecule has 0 aliphatic heterocycles. The van der Waals surface area contributed by atoms with Gasteiger partial charge in [0, 0.05) is 10.5 Å². The summed E-state index contributed by atoms with van der Waals surface area (Å²) in [7, 11) is 0. The van der Waals surface area contributed by atoms with E-state index in [1.807, 2.05) is 31.2 Å². The summed E-state index contributed by atoms with van der Waals surface area (Å²) in [5, 5.41) is 10.2. The van der Waals surface area contributed by atoms with E-state index in [0.29, 0.717) is 29.9 Å². The van der Waals surface area contributed by atoms with Crippen molar-refractivity contribution in [2.75, 3.05) is 0 Å². The summed E-state index contributed by atoms with van der Waals surface area (Å²) in [6, 6.07) is 11.0. The molecule has 3 nitrogen and oxygen atoms in total. The number of ether oxygens (including phenoxy) is 1. The average molecular weight is 302 g/mol. The minimum atomic E-state index is -0.155. The van der Waals surface area contributed by atoms with Crippen LogP contribution in [0.3, 0.4) is 0 Å². The fourth-order valence-electron chi connectivity index (χ4n) is 2.13. The molecule has 0 saturated heterocycles. The summed E-state index contributed by atoms with van der Waals surface area (Å²) < 4.78 is 5.77. The zero-order valence-corrected chi connectivity index (χ0v) is 13.0. The lowest BCUT2D eigenvalue weighted by Crippen LogP contribution is -2.01. The molecular weight excluding hydrogens is 284 g/mol. The standard InChI is InChI=1S/C17H18O3S/c1-3-14-16(9-8-15(11(2)18)17(14)19)20-10-12-4-6-13(21)7-5-12/h4-9,19,21H,3,10H2,1-2H3. The molecule has 0 aromatic heterocycles. The third kappa shape index (κ3) is 3.58. The summed E-state index contributed by atoms with van der Waals surface area (Å²) in [6.45, 7) is 3.76. The molecule has 2 aromatic rings. The first kappa shape index (κ1) is 15.4. The van der Waals surface area contributed by atoms with Gasteiger partial charge in [0.2, 0.25) is 0 Å². The minimum absolute atomic E-state index is 0.0215. The molecule has 0 atom stereocenters. The first-order valence-corrected chi connectivity index (χ1v) is 7.24. The molecule has 2 rings (SSSR count). The Morgan fingerprint density at radius 2 is 1.86 bits per heavy atom. The van der Waals surface area contributed by atoms with E-state index in [9.17, 15) is 9.90 Å². The quantitative estimate of drug-likeness (QED) is 0.647. The Labute approximate surface area is 130 Å². The van der Waals surface area contributed by atoms with Gasteiger partial charge in [-0.25, -0.2) is 0 Å². The number of carbonyl (C=O) groups excluding carboxylic acids is 1. The third-order valence-electron chi connectivity index (χ3n) is 3.30. The molecule has 2 aromatic carbocycles. The number of rotatable bonds is 5. The third-order valence-corrected chi connectivity index (χ3v) is 3.60. The van der Waals surface area contributed by atoms with Crippen LogP contribution in [0.15, 0.2) is 41.3 Å². The smallest absolute Gasteiger partial charge is 0.163 e. The van der Waals surface area contributed by atoms with Gasteiger partial charge in [-0.1, -0.05) is 19.1 Å². The van der Waals surface area contributed by atoms with Gasteiger partial charge >= 0.3 is 0 Å². The second-order valence-electron chi connectivity index (χ2n) is 4.80. The largest absolute Gasteiger partial charge is 0.507 e. The predicted octanol–water partition coefficient (Wildman–Crippen LogP) is 4.02. The maximum atomic E-state index is 11.4. The van der Waals surface area contributed by atoms with Gasteiger partial charge in [-0.3, -0.25) is 4.79 Å². The van der Waals surface area contributed by atoms with Crippen LogP contribution in [0.25, 0.3) is 0 Å². The van der Waals surface area contributed by atoms with Gasteiger partial charge in [-0.15, -0.1) is 12.6 Å². The van der Waals surface area contributed by atoms with Crippen LogP contribution in [0.2, 0.25) is 0 Å². The molecule has 0 saturated carbocycles. The summed E-state index contributed by atoms with van der Waals surface area (Å²) in [4.78, 5) is 12.3. The number of benzene rings is 2. The van der Waals surface area contributed by atoms with Gasteiger partial charge in [0.1, 0.15) is 18.1 Å². The summed E-state index contributed by atoms with van der Waals surface area (Å²) >= 11 is 4.24. The van der Waals surface area contributed by atoms with Crippen molar-refractivity contribution >= 4 is 18.4 Å². The Morgan fingerprint density at radius 1 is 1.19 bits per heavy atom. The number of hydrogen-bond donors (Lipinski definition) is 2. The molecule has 4 heteroatoms. The molecule has 0 amide bonds. The number of phenolic OH excluding ortho intramolecular Hbond substituents is 1. The second kappa shape index (κ2) is 6.68. The number of aromatic hydroxyl groups is 1. The van der Waals surface area contributed by atoms with Crippen LogP contribution >= 0.6 is 12.6 Å². The summed E-state index contributed by atoms with van der Waals surface area (Å²) in [5.41, 5.74) is 2.01. The van der Waals surface area contributed by atoms with Gasteiger partial charge in [0.15, 0.2) is 5.78 Å². The van der Waals surface area contributed by atoms with Crippen LogP contribution in [0, 0.1) is 0 Å². The molecule has 0 aliphatic carbocycles. The highest BCUT2D eigenvalue weighted by Gasteiger charge is 2.15. The van der Waals surface area contributed by atoms with E-state index in [4.69, 9.17) is 4.74 Å². The monoisotopic (exact) mass is 302 g/mol. The number of ketones is 1. The Balaban J connectivity index is 2.22. The Bertz CT molecular complexity index is 648. The van der Waals surface area contributed by atoms with E-state index in [-0.39, 0.29) is 11.5 Å². The van der Waals surface area contributed by atoms with Crippen molar-refractivity contribution in [3.8, 4) is 11.5 Å². The van der Waals surface area contributed by atoms with Crippen molar-refractivity contribution in [1.82, 2.24) is 0 Å². The van der Waals surface area contributed by atoms with Crippen molar-refractivity contribution in [3.63, 3.8) is 0 Å². The van der Waals surface area contributed by atoms with Crippen molar-refractivity contribution in [3.05, 3.63) is 53.1 Å². The molecule has 0 spiro atoms. The van der Waals surface area contributed by atoms with Crippen molar-refractivity contribution in [2.45, 2.75) is 31.8 Å². The molecule has 0 aliphatic rings. The molecule has 0 fully saturated rings. The number of hydrogen-bond acceptors (Lipinski definition) is 4. The van der Waals surface area contributed by atoms with Crippen LogP contribution in [0.5, 0.6) is 11.5 Å². The van der Waals surface area contributed by atoms with Crippen LogP contribution in [0.4, 0.5) is 0 Å². The van der Waals surface area contributed by atoms with E-state index in [0.717, 1.165) is 10.5 Å². The van der Waals surface area contributed by atoms with E-state index in [1.54, 1.807) is 12.1 Å². The van der Waals surface area contributed by atoms with E-state index < -0.39 is 0 Å². The average Bonchev–Trinajstić information content (AvgIpc) is 2.46. The summed E-state index contributed by atoms with van der Waals surface area (Å²) in [5.74, 6) is 0.473. The molecule has 1 N–H and O–H groups in total. The first-order chi connectivity index (χ1) is 10.0. The SMILES string of the molecule is CCc1c(OCc2ccc(S)cc2)ccc(C(C)=O)c1O. The van der Waals surface area contributed by atoms with Crippen molar-refractivity contribution in [1.29, 1.82) is 0 Å². The van der Waals surface area contributed by atoms with Crippen molar-refractivity contribution in [2.24, 2.45) is 0 Å². The highest BCUT2D eigenvalue weighted by molar-refractivity contribution is 7.80. The lowest BCUT2D eigenvalue weighted by molar-refractivity contribution is 0.101. The van der Waals surface area contributed by atoms with E-state index in [2.05, 4.69) is 12.6 Å². The van der Waals surface area contributed by atoms with E-state index in [1.165, 1.54) is 6.92 Å². The molecule has 21 heavy (non-hydrogen) atoms. The first-order valence-electron chi connectivity index (χ1n) is 6.79. The zero-order chi connectivity index (χ0) is 15.4. The second-order valence-corrected chi connectivity index (χ2v) is 5.32. The van der Waals surface area contributed by atoms with Crippen LogP contribution in [0.1, 0.15) is 35.3 Å². The lowest BCUT2D eigenvalue weighted by Gasteiger charge is -2.14. The minimum Gasteiger partial charge on any atom is -0.507 e. The molecule has 0 heterocycles. The van der Waals surface area contributed by atoms with Gasteiger partial charge < -0.3 is 9.84 Å². The topological polar surface area (TPSA) is 46.5 Å².